The quantitative estimate of drug-likeness (QED) is 0.0203. The van der Waals surface area contributed by atoms with Crippen LogP contribution in [0.5, 0.6) is 0 Å². The van der Waals surface area contributed by atoms with Crippen LogP contribution < -0.4 is 0 Å². The van der Waals surface area contributed by atoms with Crippen LogP contribution in [0.1, 0.15) is 168 Å². The minimum atomic E-state index is -0.843. The maximum Gasteiger partial charge on any atom is 0.306 e. The zero-order valence-electron chi connectivity index (χ0n) is 36.8. The van der Waals surface area contributed by atoms with E-state index in [9.17, 15) is 14.4 Å². The molecule has 324 valence electrons. The first kappa shape index (κ1) is 53.8. The molecule has 0 saturated heterocycles. The molecule has 58 heavy (non-hydrogen) atoms. The molecule has 0 aromatic carbocycles. The number of ether oxygens (including phenoxy) is 3. The van der Waals surface area contributed by atoms with Crippen LogP contribution in [0.15, 0.2) is 122 Å². The first-order valence-corrected chi connectivity index (χ1v) is 22.6. The summed E-state index contributed by atoms with van der Waals surface area (Å²) < 4.78 is 16.6. The number of unbranched alkanes of at least 4 members (excludes halogenated alkanes) is 11. The van der Waals surface area contributed by atoms with Gasteiger partial charge >= 0.3 is 17.9 Å². The number of hydrogen-bond donors (Lipinski definition) is 0. The Hall–Kier alpha value is -4.19. The third-order valence-electron chi connectivity index (χ3n) is 8.82. The van der Waals surface area contributed by atoms with Crippen molar-refractivity contribution in [2.45, 2.75) is 175 Å². The van der Waals surface area contributed by atoms with E-state index in [1.165, 1.54) is 38.5 Å². The van der Waals surface area contributed by atoms with Crippen LogP contribution in [0.4, 0.5) is 0 Å². The van der Waals surface area contributed by atoms with Crippen molar-refractivity contribution < 1.29 is 28.6 Å². The van der Waals surface area contributed by atoms with Gasteiger partial charge in [-0.15, -0.1) is 0 Å². The largest absolute Gasteiger partial charge is 0.462 e. The van der Waals surface area contributed by atoms with Crippen molar-refractivity contribution in [1.29, 1.82) is 0 Å². The zero-order valence-corrected chi connectivity index (χ0v) is 36.8. The summed E-state index contributed by atoms with van der Waals surface area (Å²) in [6.45, 7) is 6.20. The Morgan fingerprint density at radius 2 is 0.793 bits per heavy atom. The number of esters is 3. The van der Waals surface area contributed by atoms with Gasteiger partial charge in [-0.25, -0.2) is 0 Å². The fraction of sp³-hybridized carbons (Fsp3) is 0.558. The smallest absolute Gasteiger partial charge is 0.306 e. The van der Waals surface area contributed by atoms with E-state index in [1.54, 1.807) is 0 Å². The Morgan fingerprint density at radius 3 is 1.36 bits per heavy atom. The molecule has 0 saturated carbocycles. The summed E-state index contributed by atoms with van der Waals surface area (Å²) in [5.41, 5.74) is 0. The third kappa shape index (κ3) is 42.9. The van der Waals surface area contributed by atoms with Gasteiger partial charge in [0.1, 0.15) is 13.2 Å². The topological polar surface area (TPSA) is 78.9 Å². The van der Waals surface area contributed by atoms with E-state index in [4.69, 9.17) is 14.2 Å². The van der Waals surface area contributed by atoms with Gasteiger partial charge in [0.15, 0.2) is 6.10 Å². The molecule has 1 unspecified atom stereocenters. The van der Waals surface area contributed by atoms with Crippen molar-refractivity contribution in [2.24, 2.45) is 0 Å². The fourth-order valence-corrected chi connectivity index (χ4v) is 5.47. The molecule has 0 N–H and O–H groups in total. The van der Waals surface area contributed by atoms with Crippen LogP contribution in [0.2, 0.25) is 0 Å². The van der Waals surface area contributed by atoms with Crippen molar-refractivity contribution in [2.75, 3.05) is 13.2 Å². The zero-order chi connectivity index (χ0) is 42.3. The summed E-state index contributed by atoms with van der Waals surface area (Å²) in [6.07, 6.45) is 62.0. The highest BCUT2D eigenvalue weighted by atomic mass is 16.6. The minimum absolute atomic E-state index is 0.139. The Morgan fingerprint density at radius 1 is 0.379 bits per heavy atom. The van der Waals surface area contributed by atoms with E-state index in [0.717, 1.165) is 70.6 Å². The van der Waals surface area contributed by atoms with Gasteiger partial charge in [-0.1, -0.05) is 181 Å². The molecule has 1 atom stereocenters. The maximum absolute atomic E-state index is 12.7. The molecule has 6 heteroatoms. The van der Waals surface area contributed by atoms with Gasteiger partial charge in [0.2, 0.25) is 0 Å². The van der Waals surface area contributed by atoms with Crippen LogP contribution in [-0.2, 0) is 28.6 Å². The molecule has 6 nitrogen and oxygen atoms in total. The monoisotopic (exact) mass is 801 g/mol. The number of carbonyl (C=O) groups excluding carboxylic acids is 3. The molecular weight excluding hydrogens is 721 g/mol. The van der Waals surface area contributed by atoms with Gasteiger partial charge in [-0.3, -0.25) is 14.4 Å². The van der Waals surface area contributed by atoms with Gasteiger partial charge in [0.25, 0.3) is 0 Å². The van der Waals surface area contributed by atoms with Gasteiger partial charge in [0.05, 0.1) is 0 Å². The molecule has 0 fully saturated rings. The molecular formula is C52H80O6. The molecule has 0 aliphatic carbocycles. The molecule has 0 aliphatic rings. The summed E-state index contributed by atoms with van der Waals surface area (Å²) >= 11 is 0. The van der Waals surface area contributed by atoms with Crippen molar-refractivity contribution in [1.82, 2.24) is 0 Å². The lowest BCUT2D eigenvalue weighted by atomic mass is 10.1. The Balaban J connectivity index is 4.62. The van der Waals surface area contributed by atoms with Crippen molar-refractivity contribution in [3.63, 3.8) is 0 Å². The lowest BCUT2D eigenvalue weighted by molar-refractivity contribution is -0.166. The standard InChI is InChI=1S/C52H80O6/c1-4-7-10-13-16-19-22-25-26-28-30-33-36-39-42-45-51(54)57-48-49(47-56-50(53)44-41-38-35-32-29-24-21-18-15-12-9-6-3)58-52(55)46-43-40-37-34-31-27-23-20-17-14-11-8-5-2/h7,9-10,12-13,16,18-19,21-22,25-32,37,40,49H,4-6,8,11,14-15,17,20,23-24,33-36,38-39,41-48H2,1-3H3/b10-7-,12-9-,16-13-,21-18-,22-19-,26-25-,30-28-,31-27-,32-29-,40-37-. The second kappa shape index (κ2) is 45.5. The number of allylic oxidation sites excluding steroid dienone is 20. The maximum atomic E-state index is 12.7. The highest BCUT2D eigenvalue weighted by Crippen LogP contribution is 2.10. The van der Waals surface area contributed by atoms with Gasteiger partial charge in [0, 0.05) is 19.3 Å². The average molecular weight is 801 g/mol. The van der Waals surface area contributed by atoms with E-state index < -0.39 is 12.1 Å². The lowest BCUT2D eigenvalue weighted by Crippen LogP contribution is -2.30. The molecule has 0 radical (unpaired) electrons. The SMILES string of the molecule is CC\C=C/C=C\C=C/C=C\C=C/CCCCCC(=O)OCC(COC(=O)CCCC/C=C\C/C=C\C/C=C\CC)OC(=O)CC/C=C\C/C=C\CCCCCCCC. The highest BCUT2D eigenvalue weighted by molar-refractivity contribution is 5.71. The molecule has 0 amide bonds. The lowest BCUT2D eigenvalue weighted by Gasteiger charge is -2.18. The summed E-state index contributed by atoms with van der Waals surface area (Å²) in [4.78, 5) is 37.7. The van der Waals surface area contributed by atoms with E-state index in [2.05, 4.69) is 87.6 Å². The van der Waals surface area contributed by atoms with Crippen LogP contribution in [0.25, 0.3) is 0 Å². The van der Waals surface area contributed by atoms with E-state index in [1.807, 2.05) is 54.7 Å². The Labute approximate surface area is 354 Å². The first-order valence-electron chi connectivity index (χ1n) is 22.6. The van der Waals surface area contributed by atoms with E-state index in [-0.39, 0.29) is 44.4 Å². The predicted molar refractivity (Wildman–Crippen MR) is 246 cm³/mol. The van der Waals surface area contributed by atoms with Crippen LogP contribution in [-0.4, -0.2) is 37.2 Å². The summed E-state index contributed by atoms with van der Waals surface area (Å²) in [7, 11) is 0. The second-order valence-electron chi connectivity index (χ2n) is 14.3. The minimum Gasteiger partial charge on any atom is -0.462 e. The predicted octanol–water partition coefficient (Wildman–Crippen LogP) is 14.6. The van der Waals surface area contributed by atoms with Crippen LogP contribution in [0, 0.1) is 0 Å². The number of hydrogen-bond acceptors (Lipinski definition) is 6. The van der Waals surface area contributed by atoms with Gasteiger partial charge < -0.3 is 14.2 Å². The Kier molecular flexibility index (Phi) is 42.2. The molecule has 0 rings (SSSR count). The van der Waals surface area contributed by atoms with Crippen molar-refractivity contribution >= 4 is 17.9 Å². The number of rotatable bonds is 38. The average Bonchev–Trinajstić information content (AvgIpc) is 3.22. The summed E-state index contributed by atoms with van der Waals surface area (Å²) in [5.74, 6) is -1.10. The summed E-state index contributed by atoms with van der Waals surface area (Å²) in [5, 5.41) is 0. The molecule has 0 bridgehead atoms. The van der Waals surface area contributed by atoms with Crippen molar-refractivity contribution in [3.05, 3.63) is 122 Å². The van der Waals surface area contributed by atoms with Crippen LogP contribution >= 0.6 is 0 Å². The third-order valence-corrected chi connectivity index (χ3v) is 8.82. The molecule has 0 aromatic rings. The molecule has 0 heterocycles. The number of carbonyl (C=O) groups is 3. The highest BCUT2D eigenvalue weighted by Gasteiger charge is 2.19. The van der Waals surface area contributed by atoms with Crippen molar-refractivity contribution in [3.8, 4) is 0 Å². The Bertz CT molecular complexity index is 1290. The normalized spacial score (nSPS) is 13.2. The molecule has 0 spiro atoms. The van der Waals surface area contributed by atoms with Crippen LogP contribution in [0.3, 0.4) is 0 Å². The van der Waals surface area contributed by atoms with Gasteiger partial charge in [-0.2, -0.15) is 0 Å². The van der Waals surface area contributed by atoms with E-state index in [0.29, 0.717) is 19.3 Å². The molecule has 0 aliphatic heterocycles. The second-order valence-corrected chi connectivity index (χ2v) is 14.3. The fourth-order valence-electron chi connectivity index (χ4n) is 5.47. The molecule has 0 aromatic heterocycles. The van der Waals surface area contributed by atoms with Gasteiger partial charge in [-0.05, 0) is 89.9 Å². The van der Waals surface area contributed by atoms with E-state index >= 15 is 0 Å². The first-order chi connectivity index (χ1) is 28.5. The summed E-state index contributed by atoms with van der Waals surface area (Å²) in [6, 6.07) is 0.